The lowest BCUT2D eigenvalue weighted by Crippen LogP contribution is -1.93. The van der Waals surface area contributed by atoms with Gasteiger partial charge in [-0.2, -0.15) is 0 Å². The van der Waals surface area contributed by atoms with Crippen molar-refractivity contribution < 1.29 is 4.74 Å². The van der Waals surface area contributed by atoms with Crippen LogP contribution in [0.15, 0.2) is 18.5 Å². The van der Waals surface area contributed by atoms with Crippen molar-refractivity contribution in [1.82, 2.24) is 4.98 Å². The summed E-state index contributed by atoms with van der Waals surface area (Å²) in [5, 5.41) is 0. The molecule has 0 fully saturated rings. The first-order valence-electron chi connectivity index (χ1n) is 3.07. The molecule has 1 heterocycles. The van der Waals surface area contributed by atoms with Crippen LogP contribution in [-0.4, -0.2) is 11.6 Å². The fraction of sp³-hybridized carbons (Fsp3) is 0.286. The lowest BCUT2D eigenvalue weighted by atomic mass is 10.4. The van der Waals surface area contributed by atoms with Crippen LogP contribution in [0.1, 0.15) is 6.92 Å². The van der Waals surface area contributed by atoms with E-state index in [0.717, 1.165) is 9.32 Å². The van der Waals surface area contributed by atoms with Crippen LogP contribution in [0.5, 0.6) is 5.75 Å². The minimum Gasteiger partial charge on any atom is -0.493 e. The Morgan fingerprint density at radius 2 is 2.50 bits per heavy atom. The van der Waals surface area contributed by atoms with Crippen LogP contribution >= 0.6 is 22.6 Å². The van der Waals surface area contributed by atoms with Gasteiger partial charge in [-0.15, -0.1) is 0 Å². The molecule has 0 aliphatic rings. The van der Waals surface area contributed by atoms with Gasteiger partial charge in [0, 0.05) is 12.4 Å². The molecule has 0 radical (unpaired) electrons. The van der Waals surface area contributed by atoms with E-state index in [1.165, 1.54) is 0 Å². The molecular formula is C7H8INO. The van der Waals surface area contributed by atoms with Crippen molar-refractivity contribution in [1.29, 1.82) is 0 Å². The summed E-state index contributed by atoms with van der Waals surface area (Å²) in [6, 6.07) is 1.87. The lowest BCUT2D eigenvalue weighted by Gasteiger charge is -2.02. The second-order valence-corrected chi connectivity index (χ2v) is 2.90. The number of hydrogen-bond donors (Lipinski definition) is 0. The number of rotatable bonds is 2. The Labute approximate surface area is 73.8 Å². The van der Waals surface area contributed by atoms with Crippen LogP contribution in [0.4, 0.5) is 0 Å². The molecule has 0 atom stereocenters. The number of pyridine rings is 1. The van der Waals surface area contributed by atoms with Crippen LogP contribution in [0, 0.1) is 3.57 Å². The molecule has 0 aromatic carbocycles. The van der Waals surface area contributed by atoms with Gasteiger partial charge in [0.05, 0.1) is 10.2 Å². The third-order valence-electron chi connectivity index (χ3n) is 1.04. The van der Waals surface area contributed by atoms with Crippen molar-refractivity contribution in [3.8, 4) is 5.75 Å². The van der Waals surface area contributed by atoms with Gasteiger partial charge >= 0.3 is 0 Å². The molecule has 0 amide bonds. The molecule has 3 heteroatoms. The molecule has 1 rings (SSSR count). The van der Waals surface area contributed by atoms with E-state index in [0.29, 0.717) is 6.61 Å². The Bertz CT molecular complexity index is 215. The molecule has 0 bridgehead atoms. The summed E-state index contributed by atoms with van der Waals surface area (Å²) in [6.45, 7) is 2.68. The van der Waals surface area contributed by atoms with Gasteiger partial charge in [0.2, 0.25) is 0 Å². The summed E-state index contributed by atoms with van der Waals surface area (Å²) >= 11 is 2.20. The van der Waals surface area contributed by atoms with Crippen molar-refractivity contribution in [2.75, 3.05) is 6.61 Å². The maximum atomic E-state index is 5.29. The van der Waals surface area contributed by atoms with Crippen LogP contribution in [0.25, 0.3) is 0 Å². The third kappa shape index (κ3) is 1.83. The highest BCUT2D eigenvalue weighted by molar-refractivity contribution is 14.1. The molecule has 0 saturated carbocycles. The highest BCUT2D eigenvalue weighted by atomic mass is 127. The Morgan fingerprint density at radius 1 is 1.70 bits per heavy atom. The Balaban J connectivity index is 2.81. The summed E-state index contributed by atoms with van der Waals surface area (Å²) < 4.78 is 6.35. The molecule has 0 unspecified atom stereocenters. The smallest absolute Gasteiger partial charge is 0.135 e. The van der Waals surface area contributed by atoms with Crippen molar-refractivity contribution in [2.45, 2.75) is 6.92 Å². The van der Waals surface area contributed by atoms with Crippen molar-refractivity contribution in [3.63, 3.8) is 0 Å². The average Bonchev–Trinajstić information content (AvgIpc) is 1.94. The van der Waals surface area contributed by atoms with Crippen LogP contribution < -0.4 is 4.74 Å². The summed E-state index contributed by atoms with van der Waals surface area (Å²) in [5.74, 6) is 0.915. The number of hydrogen-bond acceptors (Lipinski definition) is 2. The minimum atomic E-state index is 0.708. The maximum absolute atomic E-state index is 5.29. The zero-order valence-electron chi connectivity index (χ0n) is 5.67. The third-order valence-corrected chi connectivity index (χ3v) is 1.85. The molecule has 0 saturated heterocycles. The number of halogens is 1. The standard InChI is InChI=1S/C7H8INO/c1-2-10-7-3-4-9-5-6(7)8/h3-5H,2H2,1H3. The summed E-state index contributed by atoms with van der Waals surface area (Å²) in [5.41, 5.74) is 0. The van der Waals surface area contributed by atoms with Crippen LogP contribution in [0.3, 0.4) is 0 Å². The van der Waals surface area contributed by atoms with Gasteiger partial charge in [-0.1, -0.05) is 0 Å². The Hall–Kier alpha value is -0.320. The lowest BCUT2D eigenvalue weighted by molar-refractivity contribution is 0.337. The molecule has 0 spiro atoms. The highest BCUT2D eigenvalue weighted by Crippen LogP contribution is 2.17. The molecule has 10 heavy (non-hydrogen) atoms. The number of ether oxygens (including phenoxy) is 1. The number of aromatic nitrogens is 1. The molecular weight excluding hydrogens is 241 g/mol. The fourth-order valence-corrected chi connectivity index (χ4v) is 1.13. The first-order chi connectivity index (χ1) is 4.84. The summed E-state index contributed by atoms with van der Waals surface area (Å²) in [6.07, 6.45) is 3.51. The van der Waals surface area contributed by atoms with Crippen LogP contribution in [-0.2, 0) is 0 Å². The first kappa shape index (κ1) is 7.78. The molecule has 0 aliphatic carbocycles. The molecule has 1 aromatic heterocycles. The average molecular weight is 249 g/mol. The monoisotopic (exact) mass is 249 g/mol. The van der Waals surface area contributed by atoms with E-state index in [4.69, 9.17) is 4.74 Å². The van der Waals surface area contributed by atoms with E-state index in [9.17, 15) is 0 Å². The first-order valence-corrected chi connectivity index (χ1v) is 4.14. The SMILES string of the molecule is CCOc1ccncc1I. The molecule has 0 N–H and O–H groups in total. The summed E-state index contributed by atoms with van der Waals surface area (Å²) in [4.78, 5) is 3.94. The van der Waals surface area contributed by atoms with E-state index in [2.05, 4.69) is 27.6 Å². The van der Waals surface area contributed by atoms with Gasteiger partial charge in [-0.25, -0.2) is 0 Å². The maximum Gasteiger partial charge on any atom is 0.135 e. The predicted octanol–water partition coefficient (Wildman–Crippen LogP) is 2.08. The largest absolute Gasteiger partial charge is 0.493 e. The van der Waals surface area contributed by atoms with Gasteiger partial charge in [0.25, 0.3) is 0 Å². The van der Waals surface area contributed by atoms with Gasteiger partial charge in [-0.05, 0) is 35.6 Å². The Kier molecular flexibility index (Phi) is 2.92. The Morgan fingerprint density at radius 3 is 3.10 bits per heavy atom. The predicted molar refractivity (Wildman–Crippen MR) is 48.1 cm³/mol. The normalized spacial score (nSPS) is 9.40. The zero-order valence-corrected chi connectivity index (χ0v) is 7.83. The van der Waals surface area contributed by atoms with Crippen molar-refractivity contribution in [2.24, 2.45) is 0 Å². The highest BCUT2D eigenvalue weighted by Gasteiger charge is 1.95. The summed E-state index contributed by atoms with van der Waals surface area (Å²) in [7, 11) is 0. The molecule has 54 valence electrons. The van der Waals surface area contributed by atoms with E-state index in [-0.39, 0.29) is 0 Å². The fourth-order valence-electron chi connectivity index (χ4n) is 0.635. The van der Waals surface area contributed by atoms with Crippen molar-refractivity contribution >= 4 is 22.6 Å². The van der Waals surface area contributed by atoms with E-state index in [1.54, 1.807) is 12.4 Å². The molecule has 2 nitrogen and oxygen atoms in total. The zero-order chi connectivity index (χ0) is 7.40. The van der Waals surface area contributed by atoms with Crippen LogP contribution in [0.2, 0.25) is 0 Å². The van der Waals surface area contributed by atoms with E-state index in [1.807, 2.05) is 13.0 Å². The van der Waals surface area contributed by atoms with Gasteiger partial charge in [0.1, 0.15) is 5.75 Å². The van der Waals surface area contributed by atoms with Gasteiger partial charge < -0.3 is 4.74 Å². The second-order valence-electron chi connectivity index (χ2n) is 1.74. The second kappa shape index (κ2) is 3.75. The number of nitrogens with zero attached hydrogens (tertiary/aromatic N) is 1. The van der Waals surface area contributed by atoms with Crippen molar-refractivity contribution in [3.05, 3.63) is 22.0 Å². The van der Waals surface area contributed by atoms with Gasteiger partial charge in [0.15, 0.2) is 0 Å². The van der Waals surface area contributed by atoms with E-state index >= 15 is 0 Å². The molecule has 0 aliphatic heterocycles. The van der Waals surface area contributed by atoms with Gasteiger partial charge in [-0.3, -0.25) is 4.98 Å². The quantitative estimate of drug-likeness (QED) is 0.748. The minimum absolute atomic E-state index is 0.708. The molecule has 1 aromatic rings. The van der Waals surface area contributed by atoms with E-state index < -0.39 is 0 Å². The topological polar surface area (TPSA) is 22.1 Å².